The molecule has 2 rings (SSSR count). The third-order valence-corrected chi connectivity index (χ3v) is 4.05. The van der Waals surface area contributed by atoms with Crippen molar-refractivity contribution in [2.24, 2.45) is 0 Å². The van der Waals surface area contributed by atoms with Crippen molar-refractivity contribution in [1.29, 1.82) is 0 Å². The van der Waals surface area contributed by atoms with Crippen molar-refractivity contribution in [3.8, 4) is 0 Å². The Labute approximate surface area is 139 Å². The van der Waals surface area contributed by atoms with Gasteiger partial charge in [-0.2, -0.15) is 0 Å². The average Bonchev–Trinajstić information content (AvgIpc) is 3.04. The number of amides is 3. The van der Waals surface area contributed by atoms with Crippen LogP contribution < -0.4 is 16.0 Å². The number of nitrogens with one attached hydrogen (secondary N) is 3. The Morgan fingerprint density at radius 2 is 2.17 bits per heavy atom. The van der Waals surface area contributed by atoms with Gasteiger partial charge in [0.05, 0.1) is 6.04 Å². The van der Waals surface area contributed by atoms with Crippen LogP contribution in [0.3, 0.4) is 0 Å². The maximum atomic E-state index is 12.0. The van der Waals surface area contributed by atoms with E-state index in [0.29, 0.717) is 12.2 Å². The predicted molar refractivity (Wildman–Crippen MR) is 91.3 cm³/mol. The van der Waals surface area contributed by atoms with Crippen LogP contribution >= 0.6 is 11.3 Å². The molecule has 0 saturated heterocycles. The van der Waals surface area contributed by atoms with Crippen LogP contribution in [0.1, 0.15) is 36.9 Å². The molecule has 1 aromatic heterocycles. The predicted octanol–water partition coefficient (Wildman–Crippen LogP) is 3.05. The van der Waals surface area contributed by atoms with Crippen molar-refractivity contribution < 1.29 is 9.59 Å². The van der Waals surface area contributed by atoms with Gasteiger partial charge >= 0.3 is 6.03 Å². The van der Waals surface area contributed by atoms with Crippen molar-refractivity contribution in [1.82, 2.24) is 15.6 Å². The summed E-state index contributed by atoms with van der Waals surface area (Å²) >= 11 is 1.53. The van der Waals surface area contributed by atoms with Crippen molar-refractivity contribution in [3.63, 3.8) is 0 Å². The summed E-state index contributed by atoms with van der Waals surface area (Å²) in [6.45, 7) is 3.85. The summed E-state index contributed by atoms with van der Waals surface area (Å²) in [5.74, 6) is -0.123. The Kier molecular flexibility index (Phi) is 6.10. The van der Waals surface area contributed by atoms with E-state index in [1.54, 1.807) is 12.3 Å². The second kappa shape index (κ2) is 8.28. The topological polar surface area (TPSA) is 83.1 Å². The molecule has 122 valence electrons. The molecule has 0 unspecified atom stereocenters. The molecule has 0 bridgehead atoms. The third kappa shape index (κ3) is 5.37. The Hall–Kier alpha value is -2.41. The quantitative estimate of drug-likeness (QED) is 0.760. The SMILES string of the molecule is CC[C@H](NC(=O)NCc1cccc(NC(C)=O)c1)c1nccs1. The first-order chi connectivity index (χ1) is 11.1. The van der Waals surface area contributed by atoms with Gasteiger partial charge in [-0.15, -0.1) is 11.3 Å². The molecule has 3 amide bonds. The van der Waals surface area contributed by atoms with Gasteiger partial charge in [-0.1, -0.05) is 19.1 Å². The molecule has 0 radical (unpaired) electrons. The molecule has 1 aromatic carbocycles. The molecule has 0 aliphatic rings. The molecule has 1 heterocycles. The third-order valence-electron chi connectivity index (χ3n) is 3.16. The Morgan fingerprint density at radius 3 is 2.83 bits per heavy atom. The van der Waals surface area contributed by atoms with Gasteiger partial charge in [0.1, 0.15) is 5.01 Å². The number of benzene rings is 1. The van der Waals surface area contributed by atoms with Gasteiger partial charge in [-0.05, 0) is 24.1 Å². The Bertz CT molecular complexity index is 658. The monoisotopic (exact) mass is 332 g/mol. The fourth-order valence-electron chi connectivity index (χ4n) is 2.10. The number of nitrogens with zero attached hydrogens (tertiary/aromatic N) is 1. The zero-order chi connectivity index (χ0) is 16.7. The first-order valence-corrected chi connectivity index (χ1v) is 8.26. The molecule has 0 saturated carbocycles. The molecular weight excluding hydrogens is 312 g/mol. The van der Waals surface area contributed by atoms with Crippen molar-refractivity contribution >= 4 is 29.0 Å². The van der Waals surface area contributed by atoms with Gasteiger partial charge in [0.15, 0.2) is 0 Å². The van der Waals surface area contributed by atoms with Crippen molar-refractivity contribution in [3.05, 3.63) is 46.4 Å². The normalized spacial score (nSPS) is 11.6. The minimum atomic E-state index is -0.239. The largest absolute Gasteiger partial charge is 0.334 e. The van der Waals surface area contributed by atoms with Gasteiger partial charge in [-0.25, -0.2) is 9.78 Å². The van der Waals surface area contributed by atoms with Gasteiger partial charge in [0.2, 0.25) is 5.91 Å². The van der Waals surface area contributed by atoms with E-state index in [0.717, 1.165) is 17.0 Å². The molecule has 23 heavy (non-hydrogen) atoms. The summed E-state index contributed by atoms with van der Waals surface area (Å²) in [4.78, 5) is 27.3. The highest BCUT2D eigenvalue weighted by Crippen LogP contribution is 2.18. The van der Waals surface area contributed by atoms with Crippen LogP contribution in [0.25, 0.3) is 0 Å². The lowest BCUT2D eigenvalue weighted by atomic mass is 10.2. The fraction of sp³-hybridized carbons (Fsp3) is 0.312. The number of aromatic nitrogens is 1. The van der Waals surface area contributed by atoms with E-state index >= 15 is 0 Å². The molecule has 0 aliphatic carbocycles. The molecule has 0 aliphatic heterocycles. The van der Waals surface area contributed by atoms with Gasteiger partial charge in [0.25, 0.3) is 0 Å². The standard InChI is InChI=1S/C16H20N4O2S/c1-3-14(15-17-7-8-23-15)20-16(22)18-10-12-5-4-6-13(9-12)19-11(2)21/h4-9,14H,3,10H2,1-2H3,(H,19,21)(H2,18,20,22)/t14-/m0/s1. The van der Waals surface area contributed by atoms with E-state index in [1.165, 1.54) is 18.3 Å². The van der Waals surface area contributed by atoms with E-state index in [9.17, 15) is 9.59 Å². The van der Waals surface area contributed by atoms with Gasteiger partial charge in [0, 0.05) is 30.7 Å². The number of anilines is 1. The number of thiazole rings is 1. The highest BCUT2D eigenvalue weighted by Gasteiger charge is 2.14. The summed E-state index contributed by atoms with van der Waals surface area (Å²) < 4.78 is 0. The molecule has 0 fully saturated rings. The smallest absolute Gasteiger partial charge is 0.315 e. The van der Waals surface area contributed by atoms with Crippen LogP contribution in [0.4, 0.5) is 10.5 Å². The molecular formula is C16H20N4O2S. The van der Waals surface area contributed by atoms with E-state index in [2.05, 4.69) is 20.9 Å². The number of urea groups is 1. The highest BCUT2D eigenvalue weighted by atomic mass is 32.1. The molecule has 0 spiro atoms. The number of rotatable bonds is 6. The second-order valence-corrected chi connectivity index (χ2v) is 5.97. The van der Waals surface area contributed by atoms with Crippen molar-refractivity contribution in [2.45, 2.75) is 32.9 Å². The van der Waals surface area contributed by atoms with Crippen LogP contribution in [-0.2, 0) is 11.3 Å². The first-order valence-electron chi connectivity index (χ1n) is 7.38. The average molecular weight is 332 g/mol. The summed E-state index contributed by atoms with van der Waals surface area (Å²) in [6.07, 6.45) is 2.51. The Morgan fingerprint density at radius 1 is 1.35 bits per heavy atom. The maximum absolute atomic E-state index is 12.0. The number of hydrogen-bond donors (Lipinski definition) is 3. The van der Waals surface area contributed by atoms with Crippen LogP contribution in [0.15, 0.2) is 35.8 Å². The summed E-state index contributed by atoms with van der Waals surface area (Å²) in [6, 6.07) is 7.05. The number of hydrogen-bond acceptors (Lipinski definition) is 4. The molecule has 2 aromatic rings. The summed E-state index contributed by atoms with van der Waals surface area (Å²) in [7, 11) is 0. The van der Waals surface area contributed by atoms with Gasteiger partial charge in [-0.3, -0.25) is 4.79 Å². The summed E-state index contributed by atoms with van der Waals surface area (Å²) in [5.41, 5.74) is 1.63. The highest BCUT2D eigenvalue weighted by molar-refractivity contribution is 7.09. The van der Waals surface area contributed by atoms with E-state index in [4.69, 9.17) is 0 Å². The van der Waals surface area contributed by atoms with Crippen LogP contribution in [0.5, 0.6) is 0 Å². The molecule has 1 atom stereocenters. The van der Waals surface area contributed by atoms with Crippen LogP contribution in [0, 0.1) is 0 Å². The number of carbonyl (C=O) groups excluding carboxylic acids is 2. The molecule has 6 nitrogen and oxygen atoms in total. The molecule has 7 heteroatoms. The number of carbonyl (C=O) groups is 2. The van der Waals surface area contributed by atoms with E-state index in [-0.39, 0.29) is 18.0 Å². The van der Waals surface area contributed by atoms with E-state index < -0.39 is 0 Å². The zero-order valence-electron chi connectivity index (χ0n) is 13.1. The minimum Gasteiger partial charge on any atom is -0.334 e. The first kappa shape index (κ1) is 17.0. The fourth-order valence-corrected chi connectivity index (χ4v) is 2.87. The van der Waals surface area contributed by atoms with Gasteiger partial charge < -0.3 is 16.0 Å². The Balaban J connectivity index is 1.87. The lowest BCUT2D eigenvalue weighted by Crippen LogP contribution is -2.37. The zero-order valence-corrected chi connectivity index (χ0v) is 13.9. The van der Waals surface area contributed by atoms with Crippen molar-refractivity contribution in [2.75, 3.05) is 5.32 Å². The molecule has 3 N–H and O–H groups in total. The summed E-state index contributed by atoms with van der Waals surface area (Å²) in [5, 5.41) is 11.2. The van der Waals surface area contributed by atoms with Crippen LogP contribution in [0.2, 0.25) is 0 Å². The maximum Gasteiger partial charge on any atom is 0.315 e. The van der Waals surface area contributed by atoms with Crippen LogP contribution in [-0.4, -0.2) is 16.9 Å². The minimum absolute atomic E-state index is 0.0827. The lowest BCUT2D eigenvalue weighted by molar-refractivity contribution is -0.114. The van der Waals surface area contributed by atoms with E-state index in [1.807, 2.05) is 30.5 Å². The lowest BCUT2D eigenvalue weighted by Gasteiger charge is -2.15. The second-order valence-electron chi connectivity index (χ2n) is 5.04.